The maximum Gasteiger partial charge on any atom is 0.223 e. The zero-order chi connectivity index (χ0) is 14.9. The van der Waals surface area contributed by atoms with Crippen molar-refractivity contribution in [3.63, 3.8) is 0 Å². The highest BCUT2D eigenvalue weighted by molar-refractivity contribution is 5.80. The molecule has 1 heterocycles. The number of hydrogen-bond acceptors (Lipinski definition) is 3. The predicted molar refractivity (Wildman–Crippen MR) is 82.3 cm³/mol. The summed E-state index contributed by atoms with van der Waals surface area (Å²) in [6, 6.07) is 0.554. The van der Waals surface area contributed by atoms with Gasteiger partial charge in [0.05, 0.1) is 0 Å². The number of hydrogen-bond donors (Lipinski definition) is 2. The van der Waals surface area contributed by atoms with E-state index in [9.17, 15) is 4.79 Å². The molecule has 0 spiro atoms. The molecule has 1 saturated carbocycles. The van der Waals surface area contributed by atoms with E-state index in [1.165, 1.54) is 6.42 Å². The van der Waals surface area contributed by atoms with Gasteiger partial charge in [-0.1, -0.05) is 20.8 Å². The van der Waals surface area contributed by atoms with Crippen LogP contribution in [-0.2, 0) is 4.79 Å². The van der Waals surface area contributed by atoms with Crippen molar-refractivity contribution in [2.24, 2.45) is 23.0 Å². The molecule has 1 aliphatic carbocycles. The molecule has 0 radical (unpaired) electrons. The van der Waals surface area contributed by atoms with Crippen molar-refractivity contribution in [1.82, 2.24) is 10.2 Å². The molecule has 4 atom stereocenters. The first kappa shape index (κ1) is 15.8. The lowest BCUT2D eigenvalue weighted by atomic mass is 9.61. The first-order chi connectivity index (χ1) is 9.32. The van der Waals surface area contributed by atoms with Gasteiger partial charge in [0.1, 0.15) is 0 Å². The zero-order valence-electron chi connectivity index (χ0n) is 13.5. The van der Waals surface area contributed by atoms with Crippen LogP contribution in [-0.4, -0.2) is 43.0 Å². The van der Waals surface area contributed by atoms with Crippen LogP contribution < -0.4 is 11.1 Å². The van der Waals surface area contributed by atoms with Gasteiger partial charge in [-0.25, -0.2) is 0 Å². The Morgan fingerprint density at radius 1 is 1.30 bits per heavy atom. The summed E-state index contributed by atoms with van der Waals surface area (Å²) in [7, 11) is 2.13. The SMILES string of the molecule is CC1C(N)CCC(C(=O)NC2CCCN(C)C2)C1(C)C. The summed E-state index contributed by atoms with van der Waals surface area (Å²) in [5, 5.41) is 3.29. The lowest BCUT2D eigenvalue weighted by Gasteiger charge is -2.46. The van der Waals surface area contributed by atoms with E-state index < -0.39 is 0 Å². The summed E-state index contributed by atoms with van der Waals surface area (Å²) < 4.78 is 0. The molecule has 2 rings (SSSR count). The fourth-order valence-electron chi connectivity index (χ4n) is 3.91. The van der Waals surface area contributed by atoms with Gasteiger partial charge in [0.25, 0.3) is 0 Å². The summed E-state index contributed by atoms with van der Waals surface area (Å²) in [5.41, 5.74) is 6.17. The number of amides is 1. The number of nitrogens with two attached hydrogens (primary N) is 1. The van der Waals surface area contributed by atoms with Gasteiger partial charge >= 0.3 is 0 Å². The Labute approximate surface area is 123 Å². The smallest absolute Gasteiger partial charge is 0.223 e. The second-order valence-electron chi connectivity index (χ2n) is 7.51. The molecule has 20 heavy (non-hydrogen) atoms. The van der Waals surface area contributed by atoms with E-state index in [4.69, 9.17) is 5.73 Å². The lowest BCUT2D eigenvalue weighted by Crippen LogP contribution is -2.54. The van der Waals surface area contributed by atoms with Crippen LogP contribution in [0.4, 0.5) is 0 Å². The van der Waals surface area contributed by atoms with E-state index in [2.05, 4.69) is 38.0 Å². The number of rotatable bonds is 2. The molecule has 4 nitrogen and oxygen atoms in total. The molecule has 2 aliphatic rings. The molecular formula is C16H31N3O. The minimum Gasteiger partial charge on any atom is -0.352 e. The Kier molecular flexibility index (Phi) is 4.75. The third-order valence-electron chi connectivity index (χ3n) is 5.79. The van der Waals surface area contributed by atoms with Crippen LogP contribution in [0.5, 0.6) is 0 Å². The van der Waals surface area contributed by atoms with E-state index in [-0.39, 0.29) is 23.3 Å². The summed E-state index contributed by atoms with van der Waals surface area (Å²) in [6.45, 7) is 8.72. The Morgan fingerprint density at radius 2 is 2.00 bits per heavy atom. The number of nitrogens with one attached hydrogen (secondary N) is 1. The van der Waals surface area contributed by atoms with Gasteiger partial charge in [0.15, 0.2) is 0 Å². The fourth-order valence-corrected chi connectivity index (χ4v) is 3.91. The highest BCUT2D eigenvalue weighted by Crippen LogP contribution is 2.44. The van der Waals surface area contributed by atoms with E-state index >= 15 is 0 Å². The van der Waals surface area contributed by atoms with Gasteiger partial charge < -0.3 is 16.0 Å². The van der Waals surface area contributed by atoms with E-state index in [0.717, 1.165) is 32.4 Å². The quantitative estimate of drug-likeness (QED) is 0.808. The molecule has 116 valence electrons. The first-order valence-corrected chi connectivity index (χ1v) is 8.07. The van der Waals surface area contributed by atoms with E-state index in [1.54, 1.807) is 0 Å². The predicted octanol–water partition coefficient (Wildman–Crippen LogP) is 1.60. The molecule has 0 aromatic carbocycles. The van der Waals surface area contributed by atoms with Gasteiger partial charge in [0.2, 0.25) is 5.91 Å². The minimum atomic E-state index is -0.0116. The van der Waals surface area contributed by atoms with Gasteiger partial charge in [-0.15, -0.1) is 0 Å². The Hall–Kier alpha value is -0.610. The van der Waals surface area contributed by atoms with Crippen LogP contribution in [0.3, 0.4) is 0 Å². The topological polar surface area (TPSA) is 58.4 Å². The third-order valence-corrected chi connectivity index (χ3v) is 5.79. The van der Waals surface area contributed by atoms with Crippen molar-refractivity contribution in [1.29, 1.82) is 0 Å². The normalized spacial score (nSPS) is 38.5. The maximum atomic E-state index is 12.7. The number of carbonyl (C=O) groups is 1. The van der Waals surface area contributed by atoms with Gasteiger partial charge in [-0.3, -0.25) is 4.79 Å². The molecule has 3 N–H and O–H groups in total. The molecular weight excluding hydrogens is 250 g/mol. The standard InChI is InChI=1S/C16H31N3O/c1-11-14(17)8-7-13(16(11,2)3)15(20)18-12-6-5-9-19(4)10-12/h11-14H,5-10,17H2,1-4H3,(H,18,20). The summed E-state index contributed by atoms with van der Waals surface area (Å²) in [6.07, 6.45) is 4.18. The number of piperidine rings is 1. The largest absolute Gasteiger partial charge is 0.352 e. The van der Waals surface area contributed by atoms with Crippen LogP contribution in [0.15, 0.2) is 0 Å². The van der Waals surface area contributed by atoms with Crippen molar-refractivity contribution >= 4 is 5.91 Å². The molecule has 1 saturated heterocycles. The second-order valence-corrected chi connectivity index (χ2v) is 7.51. The molecule has 1 amide bonds. The molecule has 2 fully saturated rings. The average molecular weight is 281 g/mol. The fraction of sp³-hybridized carbons (Fsp3) is 0.938. The molecule has 4 unspecified atom stereocenters. The van der Waals surface area contributed by atoms with Crippen molar-refractivity contribution in [2.45, 2.75) is 58.5 Å². The van der Waals surface area contributed by atoms with Gasteiger partial charge in [0, 0.05) is 24.5 Å². The van der Waals surface area contributed by atoms with Crippen molar-refractivity contribution in [2.75, 3.05) is 20.1 Å². The van der Waals surface area contributed by atoms with Gasteiger partial charge in [-0.05, 0) is 50.6 Å². The van der Waals surface area contributed by atoms with E-state index in [0.29, 0.717) is 12.0 Å². The number of likely N-dealkylation sites (N-methyl/N-ethyl adjacent to an activating group) is 1. The monoisotopic (exact) mass is 281 g/mol. The number of nitrogens with zero attached hydrogens (tertiary/aromatic N) is 1. The molecule has 0 bridgehead atoms. The zero-order valence-corrected chi connectivity index (χ0v) is 13.5. The molecule has 0 aromatic rings. The summed E-state index contributed by atoms with van der Waals surface area (Å²) >= 11 is 0. The van der Waals surface area contributed by atoms with Crippen LogP contribution in [0.2, 0.25) is 0 Å². The maximum absolute atomic E-state index is 12.7. The van der Waals surface area contributed by atoms with E-state index in [1.807, 2.05) is 0 Å². The Balaban J connectivity index is 1.98. The average Bonchev–Trinajstić information content (AvgIpc) is 2.36. The van der Waals surface area contributed by atoms with Crippen molar-refractivity contribution in [3.05, 3.63) is 0 Å². The molecule has 4 heteroatoms. The number of carbonyl (C=O) groups excluding carboxylic acids is 1. The highest BCUT2D eigenvalue weighted by Gasteiger charge is 2.45. The molecule has 1 aliphatic heterocycles. The number of likely N-dealkylation sites (tertiary alicyclic amines) is 1. The third kappa shape index (κ3) is 3.17. The highest BCUT2D eigenvalue weighted by atomic mass is 16.2. The van der Waals surface area contributed by atoms with Gasteiger partial charge in [-0.2, -0.15) is 0 Å². The second kappa shape index (κ2) is 6.02. The van der Waals surface area contributed by atoms with Crippen LogP contribution >= 0.6 is 0 Å². The Bertz CT molecular complexity index is 356. The molecule has 0 aromatic heterocycles. The van der Waals surface area contributed by atoms with Crippen molar-refractivity contribution in [3.8, 4) is 0 Å². The Morgan fingerprint density at radius 3 is 2.65 bits per heavy atom. The van der Waals surface area contributed by atoms with Crippen LogP contribution in [0.25, 0.3) is 0 Å². The lowest BCUT2D eigenvalue weighted by molar-refractivity contribution is -0.133. The van der Waals surface area contributed by atoms with Crippen LogP contribution in [0.1, 0.15) is 46.5 Å². The summed E-state index contributed by atoms with van der Waals surface area (Å²) in [5.74, 6) is 0.736. The first-order valence-electron chi connectivity index (χ1n) is 8.07. The van der Waals surface area contributed by atoms with Crippen LogP contribution in [0, 0.1) is 17.3 Å². The minimum absolute atomic E-state index is 0.0116. The van der Waals surface area contributed by atoms with Crippen molar-refractivity contribution < 1.29 is 4.79 Å². The summed E-state index contributed by atoms with van der Waals surface area (Å²) in [4.78, 5) is 15.0.